The SMILES string of the molecule is O=c1[nH]c(CNCc2ccc(Cl)o2)cs1. The van der Waals surface area contributed by atoms with Crippen LogP contribution in [0.5, 0.6) is 0 Å². The topological polar surface area (TPSA) is 58.0 Å². The zero-order chi connectivity index (χ0) is 10.7. The molecule has 0 saturated heterocycles. The normalized spacial score (nSPS) is 10.7. The van der Waals surface area contributed by atoms with Gasteiger partial charge < -0.3 is 14.7 Å². The summed E-state index contributed by atoms with van der Waals surface area (Å²) in [6.45, 7) is 1.20. The third-order valence-electron chi connectivity index (χ3n) is 1.81. The fraction of sp³-hybridized carbons (Fsp3) is 0.222. The van der Waals surface area contributed by atoms with Crippen molar-refractivity contribution >= 4 is 22.9 Å². The first-order valence-corrected chi connectivity index (χ1v) is 5.61. The molecule has 2 heterocycles. The highest BCUT2D eigenvalue weighted by molar-refractivity contribution is 7.07. The van der Waals surface area contributed by atoms with Crippen molar-refractivity contribution in [2.45, 2.75) is 13.1 Å². The molecule has 0 spiro atoms. The third kappa shape index (κ3) is 2.95. The van der Waals surface area contributed by atoms with Crippen LogP contribution in [0.2, 0.25) is 5.22 Å². The summed E-state index contributed by atoms with van der Waals surface area (Å²) in [7, 11) is 0. The van der Waals surface area contributed by atoms with Gasteiger partial charge in [-0.3, -0.25) is 4.79 Å². The van der Waals surface area contributed by atoms with Crippen LogP contribution in [0.1, 0.15) is 11.5 Å². The lowest BCUT2D eigenvalue weighted by Crippen LogP contribution is -2.13. The average molecular weight is 245 g/mol. The van der Waals surface area contributed by atoms with Crippen molar-refractivity contribution in [3.8, 4) is 0 Å². The van der Waals surface area contributed by atoms with Crippen molar-refractivity contribution in [3.63, 3.8) is 0 Å². The Morgan fingerprint density at radius 1 is 1.47 bits per heavy atom. The van der Waals surface area contributed by atoms with Crippen LogP contribution in [-0.2, 0) is 13.1 Å². The van der Waals surface area contributed by atoms with E-state index in [9.17, 15) is 4.79 Å². The largest absolute Gasteiger partial charge is 0.448 e. The summed E-state index contributed by atoms with van der Waals surface area (Å²) in [6, 6.07) is 3.51. The second-order valence-electron chi connectivity index (χ2n) is 2.98. The first kappa shape index (κ1) is 10.5. The lowest BCUT2D eigenvalue weighted by molar-refractivity contribution is 0.483. The van der Waals surface area contributed by atoms with E-state index >= 15 is 0 Å². The van der Waals surface area contributed by atoms with Crippen molar-refractivity contribution in [1.29, 1.82) is 0 Å². The van der Waals surface area contributed by atoms with Gasteiger partial charge in [-0.1, -0.05) is 11.3 Å². The smallest absolute Gasteiger partial charge is 0.304 e. The molecule has 0 aliphatic heterocycles. The van der Waals surface area contributed by atoms with Gasteiger partial charge in [0.25, 0.3) is 0 Å². The summed E-state index contributed by atoms with van der Waals surface area (Å²) in [5.74, 6) is 0.776. The van der Waals surface area contributed by atoms with Gasteiger partial charge in [-0.25, -0.2) is 0 Å². The number of hydrogen-bond donors (Lipinski definition) is 2. The minimum Gasteiger partial charge on any atom is -0.448 e. The van der Waals surface area contributed by atoms with Crippen LogP contribution in [0.15, 0.2) is 26.7 Å². The highest BCUT2D eigenvalue weighted by Crippen LogP contribution is 2.12. The van der Waals surface area contributed by atoms with Crippen molar-refractivity contribution in [3.05, 3.63) is 43.9 Å². The van der Waals surface area contributed by atoms with Crippen molar-refractivity contribution in [2.75, 3.05) is 0 Å². The predicted octanol–water partition coefficient (Wildman–Crippen LogP) is 1.97. The van der Waals surface area contributed by atoms with E-state index in [0.717, 1.165) is 22.8 Å². The molecule has 6 heteroatoms. The van der Waals surface area contributed by atoms with Gasteiger partial charge in [0.1, 0.15) is 5.76 Å². The summed E-state index contributed by atoms with van der Waals surface area (Å²) in [5.41, 5.74) is 0.877. The maximum absolute atomic E-state index is 10.8. The molecule has 2 aromatic rings. The molecule has 0 atom stereocenters. The molecule has 15 heavy (non-hydrogen) atoms. The van der Waals surface area contributed by atoms with E-state index in [1.165, 1.54) is 0 Å². The van der Waals surface area contributed by atoms with Gasteiger partial charge in [0, 0.05) is 17.6 Å². The Hall–Kier alpha value is -1.04. The second-order valence-corrected chi connectivity index (χ2v) is 4.20. The molecule has 0 unspecified atom stereocenters. The zero-order valence-electron chi connectivity index (χ0n) is 7.75. The van der Waals surface area contributed by atoms with Crippen LogP contribution >= 0.6 is 22.9 Å². The van der Waals surface area contributed by atoms with Crippen molar-refractivity contribution in [2.24, 2.45) is 0 Å². The Bertz CT molecular complexity index is 488. The average Bonchev–Trinajstić information content (AvgIpc) is 2.76. The molecule has 0 aromatic carbocycles. The van der Waals surface area contributed by atoms with Crippen LogP contribution in [-0.4, -0.2) is 4.98 Å². The summed E-state index contributed by atoms with van der Waals surface area (Å²) >= 11 is 6.78. The first-order valence-electron chi connectivity index (χ1n) is 4.35. The molecule has 2 N–H and O–H groups in total. The van der Waals surface area contributed by atoms with Gasteiger partial charge in [0.05, 0.1) is 6.54 Å². The van der Waals surface area contributed by atoms with Crippen LogP contribution in [0, 0.1) is 0 Å². The quantitative estimate of drug-likeness (QED) is 0.865. The number of aromatic nitrogens is 1. The maximum Gasteiger partial charge on any atom is 0.304 e. The Kier molecular flexibility index (Phi) is 3.25. The van der Waals surface area contributed by atoms with E-state index in [4.69, 9.17) is 16.0 Å². The van der Waals surface area contributed by atoms with Crippen molar-refractivity contribution in [1.82, 2.24) is 10.3 Å². The monoisotopic (exact) mass is 244 g/mol. The number of furan rings is 1. The summed E-state index contributed by atoms with van der Waals surface area (Å²) < 4.78 is 5.16. The van der Waals surface area contributed by atoms with E-state index in [2.05, 4.69) is 10.3 Å². The van der Waals surface area contributed by atoms with Gasteiger partial charge in [-0.05, 0) is 23.7 Å². The molecule has 0 bridgehead atoms. The number of hydrogen-bond acceptors (Lipinski definition) is 4. The highest BCUT2D eigenvalue weighted by atomic mass is 35.5. The minimum atomic E-state index is -0.0344. The van der Waals surface area contributed by atoms with E-state index in [-0.39, 0.29) is 4.87 Å². The third-order valence-corrected chi connectivity index (χ3v) is 2.74. The number of aromatic amines is 1. The molecule has 0 aliphatic rings. The molecule has 0 aliphatic carbocycles. The lowest BCUT2D eigenvalue weighted by Gasteiger charge is -1.99. The Balaban J connectivity index is 1.82. The zero-order valence-corrected chi connectivity index (χ0v) is 9.32. The maximum atomic E-state index is 10.8. The van der Waals surface area contributed by atoms with E-state index < -0.39 is 0 Å². The van der Waals surface area contributed by atoms with Gasteiger partial charge in [0.2, 0.25) is 0 Å². The molecule has 0 fully saturated rings. The summed E-state index contributed by atoms with van der Waals surface area (Å²) in [4.78, 5) is 13.5. The number of nitrogens with one attached hydrogen (secondary N) is 2. The molecule has 80 valence electrons. The van der Waals surface area contributed by atoms with Crippen LogP contribution in [0.3, 0.4) is 0 Å². The van der Waals surface area contributed by atoms with E-state index in [0.29, 0.717) is 18.3 Å². The molecule has 2 rings (SSSR count). The van der Waals surface area contributed by atoms with Gasteiger partial charge >= 0.3 is 4.87 Å². The number of thiazole rings is 1. The molecule has 0 amide bonds. The number of halogens is 1. The van der Waals surface area contributed by atoms with Crippen LogP contribution in [0.4, 0.5) is 0 Å². The fourth-order valence-corrected chi connectivity index (χ4v) is 1.91. The lowest BCUT2D eigenvalue weighted by atomic mass is 10.4. The van der Waals surface area contributed by atoms with Gasteiger partial charge in [-0.15, -0.1) is 0 Å². The molecular weight excluding hydrogens is 236 g/mol. The van der Waals surface area contributed by atoms with Crippen LogP contribution in [0.25, 0.3) is 0 Å². The van der Waals surface area contributed by atoms with Gasteiger partial charge in [0.15, 0.2) is 5.22 Å². The van der Waals surface area contributed by atoms with E-state index in [1.54, 1.807) is 11.4 Å². The Morgan fingerprint density at radius 2 is 2.33 bits per heavy atom. The number of rotatable bonds is 4. The molecule has 2 aromatic heterocycles. The molecule has 0 saturated carbocycles. The standard InChI is InChI=1S/C9H9ClN2O2S/c10-8-2-1-7(14-8)4-11-3-6-5-15-9(13)12-6/h1-2,5,11H,3-4H2,(H,12,13). The highest BCUT2D eigenvalue weighted by Gasteiger charge is 2.00. The number of H-pyrrole nitrogens is 1. The van der Waals surface area contributed by atoms with E-state index in [1.807, 2.05) is 6.07 Å². The molecular formula is C9H9ClN2O2S. The first-order chi connectivity index (χ1) is 7.24. The summed E-state index contributed by atoms with van der Waals surface area (Å²) in [5, 5.41) is 5.31. The fourth-order valence-electron chi connectivity index (χ4n) is 1.17. The molecule has 4 nitrogen and oxygen atoms in total. The predicted molar refractivity (Wildman–Crippen MR) is 59.2 cm³/mol. The van der Waals surface area contributed by atoms with Gasteiger partial charge in [-0.2, -0.15) is 0 Å². The minimum absolute atomic E-state index is 0.0344. The van der Waals surface area contributed by atoms with Crippen LogP contribution < -0.4 is 10.2 Å². The van der Waals surface area contributed by atoms with Crippen molar-refractivity contribution < 1.29 is 4.42 Å². The molecule has 0 radical (unpaired) electrons. The Labute approximate surface area is 94.9 Å². The Morgan fingerprint density at radius 3 is 2.93 bits per heavy atom. The summed E-state index contributed by atoms with van der Waals surface area (Å²) in [6.07, 6.45) is 0. The second kappa shape index (κ2) is 4.65.